The molecule has 0 saturated carbocycles. The predicted molar refractivity (Wildman–Crippen MR) is 131 cm³/mol. The molecule has 0 spiro atoms. The molecule has 1 N–H and O–H groups in total. The lowest BCUT2D eigenvalue weighted by molar-refractivity contribution is 0.0734. The van der Waals surface area contributed by atoms with E-state index in [-0.39, 0.29) is 5.56 Å². The van der Waals surface area contributed by atoms with Gasteiger partial charge in [-0.2, -0.15) is 5.10 Å². The van der Waals surface area contributed by atoms with Crippen molar-refractivity contribution in [2.45, 2.75) is 6.92 Å². The third kappa shape index (κ3) is 5.93. The van der Waals surface area contributed by atoms with Crippen molar-refractivity contribution >= 4 is 34.0 Å². The Balaban J connectivity index is 1.79. The van der Waals surface area contributed by atoms with Crippen LogP contribution in [0.2, 0.25) is 0 Å². The lowest BCUT2D eigenvalue weighted by atomic mass is 10.1. The summed E-state index contributed by atoms with van der Waals surface area (Å²) >= 11 is 3.39. The van der Waals surface area contributed by atoms with Crippen molar-refractivity contribution in [3.63, 3.8) is 0 Å². The molecule has 0 aliphatic rings. The first-order valence-electron chi connectivity index (χ1n) is 10.1. The molecule has 0 aromatic heterocycles. The van der Waals surface area contributed by atoms with Gasteiger partial charge < -0.3 is 18.9 Å². The van der Waals surface area contributed by atoms with Gasteiger partial charge in [0.2, 0.25) is 5.75 Å². The number of aryl methyl sites for hydroxylation is 1. The maximum atomic E-state index is 12.6. The zero-order valence-electron chi connectivity index (χ0n) is 19.0. The van der Waals surface area contributed by atoms with E-state index in [4.69, 9.17) is 18.9 Å². The average molecular weight is 527 g/mol. The predicted octanol–water partition coefficient (Wildman–Crippen LogP) is 4.77. The number of esters is 1. The monoisotopic (exact) mass is 526 g/mol. The van der Waals surface area contributed by atoms with Crippen LogP contribution in [0.15, 0.2) is 64.2 Å². The molecule has 3 aromatic carbocycles. The van der Waals surface area contributed by atoms with Crippen molar-refractivity contribution in [2.24, 2.45) is 5.10 Å². The van der Waals surface area contributed by atoms with Gasteiger partial charge >= 0.3 is 5.97 Å². The number of nitrogens with one attached hydrogen (secondary N) is 1. The van der Waals surface area contributed by atoms with Crippen LogP contribution in [-0.4, -0.2) is 39.4 Å². The fourth-order valence-electron chi connectivity index (χ4n) is 3.08. The number of halogens is 1. The van der Waals surface area contributed by atoms with E-state index in [0.29, 0.717) is 34.1 Å². The largest absolute Gasteiger partial charge is 0.493 e. The molecule has 0 radical (unpaired) electrons. The zero-order chi connectivity index (χ0) is 24.7. The molecule has 3 aromatic rings. The van der Waals surface area contributed by atoms with Crippen LogP contribution >= 0.6 is 15.9 Å². The van der Waals surface area contributed by atoms with Gasteiger partial charge in [-0.05, 0) is 49.4 Å². The number of benzene rings is 3. The van der Waals surface area contributed by atoms with E-state index in [1.54, 1.807) is 36.4 Å². The summed E-state index contributed by atoms with van der Waals surface area (Å²) in [5.74, 6) is 0.354. The second kappa shape index (κ2) is 11.3. The topological polar surface area (TPSA) is 95.5 Å². The number of methoxy groups -OCH3 is 3. The minimum atomic E-state index is -0.498. The number of hydrazone groups is 1. The van der Waals surface area contributed by atoms with Crippen LogP contribution in [0.1, 0.15) is 31.8 Å². The Labute approximate surface area is 205 Å². The molecule has 0 heterocycles. The number of ether oxygens (including phenoxy) is 4. The Hall–Kier alpha value is -3.85. The fraction of sp³-hybridized carbons (Fsp3) is 0.160. The molecule has 0 atom stereocenters. The SMILES string of the molecule is COc1cc(C(=O)N/N=C\c2cc(Br)ccc2OC(=O)c2cccc(C)c2)cc(OC)c1OC. The maximum absolute atomic E-state index is 12.6. The molecule has 34 heavy (non-hydrogen) atoms. The first-order chi connectivity index (χ1) is 16.4. The molecule has 0 unspecified atom stereocenters. The molecule has 9 heteroatoms. The third-order valence-electron chi connectivity index (χ3n) is 4.72. The number of amides is 1. The Morgan fingerprint density at radius 2 is 1.59 bits per heavy atom. The summed E-state index contributed by atoms with van der Waals surface area (Å²) in [6, 6.07) is 15.2. The summed E-state index contributed by atoms with van der Waals surface area (Å²) < 4.78 is 22.1. The van der Waals surface area contributed by atoms with Crippen LogP contribution in [0.25, 0.3) is 0 Å². The molecule has 0 aliphatic heterocycles. The Kier molecular flexibility index (Phi) is 8.26. The van der Waals surface area contributed by atoms with Gasteiger partial charge in [-0.15, -0.1) is 0 Å². The van der Waals surface area contributed by atoms with Gasteiger partial charge in [0.25, 0.3) is 5.91 Å². The van der Waals surface area contributed by atoms with Crippen molar-refractivity contribution in [3.8, 4) is 23.0 Å². The molecule has 0 bridgehead atoms. The van der Waals surface area contributed by atoms with Crippen molar-refractivity contribution < 1.29 is 28.5 Å². The summed E-state index contributed by atoms with van der Waals surface area (Å²) in [5.41, 5.74) is 4.57. The lowest BCUT2D eigenvalue weighted by Crippen LogP contribution is -2.18. The second-order valence-corrected chi connectivity index (χ2v) is 7.97. The maximum Gasteiger partial charge on any atom is 0.343 e. The quantitative estimate of drug-likeness (QED) is 0.196. The van der Waals surface area contributed by atoms with Gasteiger partial charge in [-0.3, -0.25) is 4.79 Å². The van der Waals surface area contributed by atoms with Crippen molar-refractivity contribution in [3.05, 3.63) is 81.3 Å². The van der Waals surface area contributed by atoms with Gasteiger partial charge in [-0.25, -0.2) is 10.2 Å². The van der Waals surface area contributed by atoms with Gasteiger partial charge in [0.15, 0.2) is 11.5 Å². The van der Waals surface area contributed by atoms with E-state index in [1.165, 1.54) is 39.7 Å². The number of hydrogen-bond donors (Lipinski definition) is 1. The molecule has 1 amide bonds. The molecule has 0 aliphatic carbocycles. The first kappa shape index (κ1) is 24.8. The Morgan fingerprint density at radius 3 is 2.21 bits per heavy atom. The van der Waals surface area contributed by atoms with Gasteiger partial charge in [0.05, 0.1) is 33.1 Å². The van der Waals surface area contributed by atoms with E-state index >= 15 is 0 Å². The van der Waals surface area contributed by atoms with E-state index in [0.717, 1.165) is 10.0 Å². The molecular formula is C25H23BrN2O6. The van der Waals surface area contributed by atoms with Crippen molar-refractivity contribution in [1.29, 1.82) is 0 Å². The summed E-state index contributed by atoms with van der Waals surface area (Å²) in [6.45, 7) is 1.89. The molecule has 8 nitrogen and oxygen atoms in total. The average Bonchev–Trinajstić information content (AvgIpc) is 2.84. The number of carbonyl (C=O) groups is 2. The van der Waals surface area contributed by atoms with Crippen LogP contribution in [0.5, 0.6) is 23.0 Å². The molecular weight excluding hydrogens is 504 g/mol. The summed E-state index contributed by atoms with van der Waals surface area (Å²) in [4.78, 5) is 25.2. The van der Waals surface area contributed by atoms with Gasteiger partial charge in [0, 0.05) is 15.6 Å². The smallest absolute Gasteiger partial charge is 0.343 e. The number of rotatable bonds is 8. The van der Waals surface area contributed by atoms with E-state index in [2.05, 4.69) is 26.5 Å². The number of carbonyl (C=O) groups excluding carboxylic acids is 2. The lowest BCUT2D eigenvalue weighted by Gasteiger charge is -2.13. The van der Waals surface area contributed by atoms with Crippen molar-refractivity contribution in [2.75, 3.05) is 21.3 Å². The standard InChI is InChI=1S/C25H23BrN2O6/c1-15-6-5-7-16(10-15)25(30)34-20-9-8-19(26)11-18(20)14-27-28-24(29)17-12-21(31-2)23(33-4)22(13-17)32-3/h5-14H,1-4H3,(H,28,29)/b27-14-. The molecule has 176 valence electrons. The van der Waals surface area contributed by atoms with Crippen LogP contribution < -0.4 is 24.4 Å². The van der Waals surface area contributed by atoms with E-state index in [1.807, 2.05) is 13.0 Å². The highest BCUT2D eigenvalue weighted by molar-refractivity contribution is 9.10. The summed E-state index contributed by atoms with van der Waals surface area (Å²) in [6.07, 6.45) is 1.39. The highest BCUT2D eigenvalue weighted by atomic mass is 79.9. The van der Waals surface area contributed by atoms with Crippen LogP contribution in [0, 0.1) is 6.92 Å². The fourth-order valence-corrected chi connectivity index (χ4v) is 3.46. The van der Waals surface area contributed by atoms with Crippen LogP contribution in [0.4, 0.5) is 0 Å². The van der Waals surface area contributed by atoms with E-state index in [9.17, 15) is 9.59 Å². The molecule has 0 fully saturated rings. The van der Waals surface area contributed by atoms with Crippen molar-refractivity contribution in [1.82, 2.24) is 5.43 Å². The second-order valence-electron chi connectivity index (χ2n) is 7.05. The molecule has 0 saturated heterocycles. The zero-order valence-corrected chi connectivity index (χ0v) is 20.6. The third-order valence-corrected chi connectivity index (χ3v) is 5.22. The van der Waals surface area contributed by atoms with Crippen LogP contribution in [-0.2, 0) is 0 Å². The number of hydrogen-bond acceptors (Lipinski definition) is 7. The summed E-state index contributed by atoms with van der Waals surface area (Å²) in [5, 5.41) is 4.02. The van der Waals surface area contributed by atoms with Gasteiger partial charge in [0.1, 0.15) is 5.75 Å². The Morgan fingerprint density at radius 1 is 0.882 bits per heavy atom. The Bertz CT molecular complexity index is 1220. The van der Waals surface area contributed by atoms with Gasteiger partial charge in [-0.1, -0.05) is 33.6 Å². The minimum absolute atomic E-state index is 0.256. The molecule has 3 rings (SSSR count). The number of nitrogens with zero attached hydrogens (tertiary/aromatic N) is 1. The normalized spacial score (nSPS) is 10.6. The first-order valence-corrected chi connectivity index (χ1v) is 10.9. The summed E-state index contributed by atoms with van der Waals surface area (Å²) in [7, 11) is 4.40. The highest BCUT2D eigenvalue weighted by Gasteiger charge is 2.17. The highest BCUT2D eigenvalue weighted by Crippen LogP contribution is 2.38. The minimum Gasteiger partial charge on any atom is -0.493 e. The van der Waals surface area contributed by atoms with Crippen LogP contribution in [0.3, 0.4) is 0 Å². The van der Waals surface area contributed by atoms with E-state index < -0.39 is 11.9 Å².